The topological polar surface area (TPSA) is 42.2 Å². The molecule has 15 heavy (non-hydrogen) atoms. The smallest absolute Gasteiger partial charge is 0.337 e. The van der Waals surface area contributed by atoms with Crippen LogP contribution in [-0.4, -0.2) is 15.6 Å². The minimum absolute atomic E-state index is 0.0556. The number of nitrogens with zero attached hydrogens (tertiary/aromatic N) is 1. The first kappa shape index (κ1) is 9.64. The molecule has 0 aliphatic carbocycles. The number of benzene rings is 1. The lowest BCUT2D eigenvalue weighted by Crippen LogP contribution is -2.03. The predicted octanol–water partition coefficient (Wildman–Crippen LogP) is 2.73. The molecule has 0 unspecified atom stereocenters. The zero-order valence-corrected chi connectivity index (χ0v) is 7.52. The Balaban J connectivity index is 2.80. The first-order valence-electron chi connectivity index (χ1n) is 4.22. The van der Waals surface area contributed by atoms with Crippen LogP contribution < -0.4 is 0 Å². The van der Waals surface area contributed by atoms with Crippen molar-refractivity contribution in [3.8, 4) is 0 Å². The van der Waals surface area contributed by atoms with Crippen molar-refractivity contribution in [2.45, 2.75) is 6.55 Å². The molecule has 1 heterocycles. The first-order chi connectivity index (χ1) is 7.11. The van der Waals surface area contributed by atoms with Crippen molar-refractivity contribution in [2.24, 2.45) is 0 Å². The monoisotopic (exact) mass is 211 g/mol. The van der Waals surface area contributed by atoms with E-state index in [4.69, 9.17) is 5.11 Å². The summed E-state index contributed by atoms with van der Waals surface area (Å²) in [6, 6.07) is 5.90. The van der Waals surface area contributed by atoms with Gasteiger partial charge in [-0.25, -0.2) is 4.79 Å². The minimum Gasteiger partial charge on any atom is -0.478 e. The van der Waals surface area contributed by atoms with Gasteiger partial charge in [-0.2, -0.15) is 8.78 Å². The molecule has 0 fully saturated rings. The molecule has 2 rings (SSSR count). The van der Waals surface area contributed by atoms with Gasteiger partial charge < -0.3 is 5.11 Å². The van der Waals surface area contributed by atoms with Crippen LogP contribution >= 0.6 is 0 Å². The van der Waals surface area contributed by atoms with Crippen LogP contribution in [0.3, 0.4) is 0 Å². The van der Waals surface area contributed by atoms with E-state index in [2.05, 4.69) is 0 Å². The second-order valence-corrected chi connectivity index (χ2v) is 3.05. The van der Waals surface area contributed by atoms with E-state index in [1.807, 2.05) is 0 Å². The van der Waals surface area contributed by atoms with Gasteiger partial charge in [-0.15, -0.1) is 0 Å². The SMILES string of the molecule is O=C(O)c1cccc2ccn(C(F)F)c12. The molecule has 2 aromatic rings. The largest absolute Gasteiger partial charge is 0.478 e. The van der Waals surface area contributed by atoms with E-state index in [9.17, 15) is 13.6 Å². The number of hydrogen-bond acceptors (Lipinski definition) is 1. The normalized spacial score (nSPS) is 11.1. The maximum Gasteiger partial charge on any atom is 0.337 e. The van der Waals surface area contributed by atoms with Crippen molar-refractivity contribution in [3.63, 3.8) is 0 Å². The molecule has 1 aromatic carbocycles. The number of fused-ring (bicyclic) bond motifs is 1. The fourth-order valence-corrected chi connectivity index (χ4v) is 1.55. The summed E-state index contributed by atoms with van der Waals surface area (Å²) in [6.07, 6.45) is 1.18. The van der Waals surface area contributed by atoms with Crippen molar-refractivity contribution in [3.05, 3.63) is 36.0 Å². The van der Waals surface area contributed by atoms with Crippen LogP contribution in [-0.2, 0) is 0 Å². The lowest BCUT2D eigenvalue weighted by atomic mass is 10.1. The molecule has 0 atom stereocenters. The molecule has 0 aliphatic rings. The quantitative estimate of drug-likeness (QED) is 0.829. The maximum absolute atomic E-state index is 12.5. The van der Waals surface area contributed by atoms with Crippen LogP contribution in [0.4, 0.5) is 8.78 Å². The third kappa shape index (κ3) is 1.45. The Labute approximate surface area is 83.5 Å². The van der Waals surface area contributed by atoms with Gasteiger partial charge in [0, 0.05) is 11.6 Å². The standard InChI is InChI=1S/C10H7F2NO2/c11-10(12)13-5-4-6-2-1-3-7(8(6)13)9(14)15/h1-5,10H,(H,14,15). The summed E-state index contributed by atoms with van der Waals surface area (Å²) in [5, 5.41) is 9.34. The zero-order valence-electron chi connectivity index (χ0n) is 7.52. The highest BCUT2D eigenvalue weighted by Gasteiger charge is 2.15. The number of aromatic nitrogens is 1. The molecular weight excluding hydrogens is 204 g/mol. The summed E-state index contributed by atoms with van der Waals surface area (Å²) >= 11 is 0. The summed E-state index contributed by atoms with van der Waals surface area (Å²) in [6.45, 7) is -2.73. The number of rotatable bonds is 2. The molecule has 0 spiro atoms. The second-order valence-electron chi connectivity index (χ2n) is 3.05. The third-order valence-corrected chi connectivity index (χ3v) is 2.18. The highest BCUT2D eigenvalue weighted by atomic mass is 19.3. The Kier molecular flexibility index (Phi) is 2.15. The zero-order chi connectivity index (χ0) is 11.0. The molecule has 78 valence electrons. The Morgan fingerprint density at radius 3 is 2.67 bits per heavy atom. The number of halogens is 2. The summed E-state index contributed by atoms with van der Waals surface area (Å²) < 4.78 is 25.7. The van der Waals surface area contributed by atoms with Gasteiger partial charge in [0.15, 0.2) is 0 Å². The summed E-state index contributed by atoms with van der Waals surface area (Å²) in [5.74, 6) is -1.21. The van der Waals surface area contributed by atoms with E-state index in [1.54, 1.807) is 6.07 Å². The van der Waals surface area contributed by atoms with E-state index in [1.165, 1.54) is 24.4 Å². The van der Waals surface area contributed by atoms with Gasteiger partial charge in [0.1, 0.15) is 0 Å². The molecule has 3 nitrogen and oxygen atoms in total. The fourth-order valence-electron chi connectivity index (χ4n) is 1.55. The summed E-state index contributed by atoms with van der Waals surface area (Å²) in [4.78, 5) is 10.8. The molecule has 1 aromatic heterocycles. The molecular formula is C10H7F2NO2. The molecule has 1 N–H and O–H groups in total. The van der Waals surface area contributed by atoms with E-state index < -0.39 is 12.5 Å². The summed E-state index contributed by atoms with van der Waals surface area (Å²) in [5.41, 5.74) is -0.0576. The van der Waals surface area contributed by atoms with Crippen LogP contribution in [0, 0.1) is 0 Å². The van der Waals surface area contributed by atoms with Crippen LogP contribution in [0.5, 0.6) is 0 Å². The number of hydrogen-bond donors (Lipinski definition) is 1. The molecule has 0 saturated heterocycles. The fraction of sp³-hybridized carbons (Fsp3) is 0.100. The highest BCUT2D eigenvalue weighted by molar-refractivity contribution is 6.02. The van der Waals surface area contributed by atoms with Crippen molar-refractivity contribution in [2.75, 3.05) is 0 Å². The number of alkyl halides is 2. The van der Waals surface area contributed by atoms with Crippen LogP contribution in [0.2, 0.25) is 0 Å². The van der Waals surface area contributed by atoms with Crippen molar-refractivity contribution < 1.29 is 18.7 Å². The maximum atomic E-state index is 12.5. The van der Waals surface area contributed by atoms with Gasteiger partial charge in [0.05, 0.1) is 11.1 Å². The average Bonchev–Trinajstić information content (AvgIpc) is 2.60. The Hall–Kier alpha value is -1.91. The predicted molar refractivity (Wildman–Crippen MR) is 50.2 cm³/mol. The van der Waals surface area contributed by atoms with Gasteiger partial charge in [-0.05, 0) is 12.1 Å². The van der Waals surface area contributed by atoms with Gasteiger partial charge >= 0.3 is 12.5 Å². The number of carboxylic acids is 1. The van der Waals surface area contributed by atoms with E-state index in [0.29, 0.717) is 9.95 Å². The van der Waals surface area contributed by atoms with E-state index in [0.717, 1.165) is 0 Å². The second kappa shape index (κ2) is 3.34. The van der Waals surface area contributed by atoms with Gasteiger partial charge in [-0.1, -0.05) is 12.1 Å². The molecule has 5 heteroatoms. The molecule has 0 bridgehead atoms. The highest BCUT2D eigenvalue weighted by Crippen LogP contribution is 2.25. The van der Waals surface area contributed by atoms with Gasteiger partial charge in [-0.3, -0.25) is 4.57 Å². The molecule has 0 radical (unpaired) electrons. The molecule has 0 saturated carbocycles. The number of carboxylic acid groups (broad SMARTS) is 1. The van der Waals surface area contributed by atoms with Crippen molar-refractivity contribution in [1.29, 1.82) is 0 Å². The lowest BCUT2D eigenvalue weighted by Gasteiger charge is -2.05. The molecule has 0 aliphatic heterocycles. The van der Waals surface area contributed by atoms with Crippen LogP contribution in [0.15, 0.2) is 30.5 Å². The number of carbonyl (C=O) groups is 1. The molecule has 0 amide bonds. The Morgan fingerprint density at radius 1 is 1.33 bits per heavy atom. The number of para-hydroxylation sites is 1. The van der Waals surface area contributed by atoms with Crippen LogP contribution in [0.1, 0.15) is 16.9 Å². The van der Waals surface area contributed by atoms with Crippen molar-refractivity contribution >= 4 is 16.9 Å². The van der Waals surface area contributed by atoms with Crippen molar-refractivity contribution in [1.82, 2.24) is 4.57 Å². The van der Waals surface area contributed by atoms with Gasteiger partial charge in [0.2, 0.25) is 0 Å². The van der Waals surface area contributed by atoms with E-state index >= 15 is 0 Å². The Morgan fingerprint density at radius 2 is 2.07 bits per heavy atom. The number of aromatic carboxylic acids is 1. The Bertz CT molecular complexity index is 519. The minimum atomic E-state index is -2.73. The summed E-state index contributed by atoms with van der Waals surface area (Å²) in [7, 11) is 0. The van der Waals surface area contributed by atoms with Gasteiger partial charge in [0.25, 0.3) is 0 Å². The third-order valence-electron chi connectivity index (χ3n) is 2.18. The van der Waals surface area contributed by atoms with E-state index in [-0.39, 0.29) is 11.1 Å². The first-order valence-corrected chi connectivity index (χ1v) is 4.22. The average molecular weight is 211 g/mol. The van der Waals surface area contributed by atoms with Crippen LogP contribution in [0.25, 0.3) is 10.9 Å². The lowest BCUT2D eigenvalue weighted by molar-refractivity contribution is 0.0688.